The van der Waals surface area contributed by atoms with E-state index in [9.17, 15) is 9.65 Å². The van der Waals surface area contributed by atoms with E-state index in [0.29, 0.717) is 18.7 Å². The van der Waals surface area contributed by atoms with Gasteiger partial charge in [-0.15, -0.1) is 5.10 Å². The highest BCUT2D eigenvalue weighted by Crippen LogP contribution is 2.15. The Labute approximate surface area is 133 Å². The van der Waals surface area contributed by atoms with Crippen LogP contribution in [0.1, 0.15) is 28.1 Å². The number of hydrogen-bond donors (Lipinski definition) is 0. The van der Waals surface area contributed by atoms with Gasteiger partial charge in [0, 0.05) is 6.42 Å². The first-order valence-electron chi connectivity index (χ1n) is 7.28. The Kier molecular flexibility index (Phi) is 4.15. The van der Waals surface area contributed by atoms with Gasteiger partial charge in [-0.25, -0.2) is 9.07 Å². The first-order valence-corrected chi connectivity index (χ1v) is 7.28. The lowest BCUT2D eigenvalue weighted by Gasteiger charge is -2.07. The minimum atomic E-state index is -0.277. The standard InChI is InChI=1S/C18H15FN4/c1-13-2-4-15(5-3-13)12-23-18(17(11-20)21-22-23)10-14-6-8-16(19)9-7-14/h2-9H,10,12H2,1H3. The van der Waals surface area contributed by atoms with E-state index in [-0.39, 0.29) is 5.82 Å². The number of nitrogens with zero attached hydrogens (tertiary/aromatic N) is 4. The van der Waals surface area contributed by atoms with Crippen molar-refractivity contribution in [3.8, 4) is 6.07 Å². The van der Waals surface area contributed by atoms with Crippen LogP contribution in [0.25, 0.3) is 0 Å². The van der Waals surface area contributed by atoms with Crippen molar-refractivity contribution in [2.45, 2.75) is 19.9 Å². The smallest absolute Gasteiger partial charge is 0.186 e. The zero-order valence-electron chi connectivity index (χ0n) is 12.7. The Bertz CT molecular complexity index is 842. The Hall–Kier alpha value is -3.00. The molecule has 0 saturated heterocycles. The van der Waals surface area contributed by atoms with Crippen LogP contribution >= 0.6 is 0 Å². The molecule has 0 radical (unpaired) electrons. The van der Waals surface area contributed by atoms with Gasteiger partial charge in [-0.3, -0.25) is 0 Å². The van der Waals surface area contributed by atoms with E-state index in [1.165, 1.54) is 17.7 Å². The topological polar surface area (TPSA) is 54.5 Å². The van der Waals surface area contributed by atoms with Crippen molar-refractivity contribution >= 4 is 0 Å². The van der Waals surface area contributed by atoms with Crippen LogP contribution in [-0.2, 0) is 13.0 Å². The van der Waals surface area contributed by atoms with Crippen LogP contribution in [-0.4, -0.2) is 15.0 Å². The molecule has 0 saturated carbocycles. The number of nitriles is 1. The van der Waals surface area contributed by atoms with Gasteiger partial charge in [0.05, 0.1) is 12.2 Å². The summed E-state index contributed by atoms with van der Waals surface area (Å²) in [6.45, 7) is 2.58. The first kappa shape index (κ1) is 14.9. The normalized spacial score (nSPS) is 10.5. The Morgan fingerprint density at radius 2 is 1.70 bits per heavy atom. The van der Waals surface area contributed by atoms with Crippen molar-refractivity contribution in [1.29, 1.82) is 5.26 Å². The number of benzene rings is 2. The Morgan fingerprint density at radius 3 is 2.35 bits per heavy atom. The number of hydrogen-bond acceptors (Lipinski definition) is 3. The lowest BCUT2D eigenvalue weighted by atomic mass is 10.1. The summed E-state index contributed by atoms with van der Waals surface area (Å²) in [7, 11) is 0. The van der Waals surface area contributed by atoms with Crippen molar-refractivity contribution in [2.75, 3.05) is 0 Å². The van der Waals surface area contributed by atoms with Crippen LogP contribution in [0.15, 0.2) is 48.5 Å². The van der Waals surface area contributed by atoms with Crippen molar-refractivity contribution in [2.24, 2.45) is 0 Å². The summed E-state index contributed by atoms with van der Waals surface area (Å²) in [4.78, 5) is 0. The minimum Gasteiger partial charge on any atom is -0.243 e. The SMILES string of the molecule is Cc1ccc(Cn2nnc(C#N)c2Cc2ccc(F)cc2)cc1. The predicted molar refractivity (Wildman–Crippen MR) is 84.2 cm³/mol. The van der Waals surface area contributed by atoms with Crippen molar-refractivity contribution in [1.82, 2.24) is 15.0 Å². The lowest BCUT2D eigenvalue weighted by Crippen LogP contribution is -2.08. The van der Waals surface area contributed by atoms with E-state index in [4.69, 9.17) is 0 Å². The van der Waals surface area contributed by atoms with Gasteiger partial charge in [0.2, 0.25) is 0 Å². The second-order valence-electron chi connectivity index (χ2n) is 5.44. The predicted octanol–water partition coefficient (Wildman–Crippen LogP) is 3.24. The summed E-state index contributed by atoms with van der Waals surface area (Å²) in [6, 6.07) is 16.5. The molecule has 0 bridgehead atoms. The van der Waals surface area contributed by atoms with E-state index < -0.39 is 0 Å². The third-order valence-electron chi connectivity index (χ3n) is 3.68. The molecule has 3 aromatic rings. The highest BCUT2D eigenvalue weighted by molar-refractivity contribution is 5.31. The molecule has 23 heavy (non-hydrogen) atoms. The zero-order valence-corrected chi connectivity index (χ0v) is 12.7. The molecule has 114 valence electrons. The summed E-state index contributed by atoms with van der Waals surface area (Å²) in [6.07, 6.45) is 0.488. The fraction of sp³-hybridized carbons (Fsp3) is 0.167. The average molecular weight is 306 g/mol. The monoisotopic (exact) mass is 306 g/mol. The van der Waals surface area contributed by atoms with Crippen LogP contribution in [0.3, 0.4) is 0 Å². The number of halogens is 1. The zero-order chi connectivity index (χ0) is 16.2. The van der Waals surface area contributed by atoms with Crippen molar-refractivity contribution in [3.05, 3.63) is 82.4 Å². The molecule has 2 aromatic carbocycles. The summed E-state index contributed by atoms with van der Waals surface area (Å²) >= 11 is 0. The van der Waals surface area contributed by atoms with Gasteiger partial charge in [0.25, 0.3) is 0 Å². The highest BCUT2D eigenvalue weighted by Gasteiger charge is 2.13. The molecule has 0 spiro atoms. The van der Waals surface area contributed by atoms with Gasteiger partial charge in [0.15, 0.2) is 5.69 Å². The quantitative estimate of drug-likeness (QED) is 0.743. The highest BCUT2D eigenvalue weighted by atomic mass is 19.1. The molecule has 0 aliphatic rings. The molecule has 0 N–H and O–H groups in total. The van der Waals surface area contributed by atoms with E-state index in [0.717, 1.165) is 16.8 Å². The average Bonchev–Trinajstić information content (AvgIpc) is 2.93. The van der Waals surface area contributed by atoms with Gasteiger partial charge < -0.3 is 0 Å². The fourth-order valence-corrected chi connectivity index (χ4v) is 2.38. The molecule has 0 aliphatic carbocycles. The molecule has 0 unspecified atom stereocenters. The summed E-state index contributed by atoms with van der Waals surface area (Å²) in [5, 5.41) is 17.3. The van der Waals surface area contributed by atoms with Gasteiger partial charge in [-0.05, 0) is 30.2 Å². The molecular weight excluding hydrogens is 291 g/mol. The first-order chi connectivity index (χ1) is 11.2. The van der Waals surface area contributed by atoms with Gasteiger partial charge in [0.1, 0.15) is 11.9 Å². The molecule has 0 aliphatic heterocycles. The van der Waals surface area contributed by atoms with Gasteiger partial charge in [-0.2, -0.15) is 5.26 Å². The van der Waals surface area contributed by atoms with Crippen LogP contribution in [0.4, 0.5) is 4.39 Å². The molecule has 0 fully saturated rings. The van der Waals surface area contributed by atoms with Crippen LogP contribution in [0.5, 0.6) is 0 Å². The maximum Gasteiger partial charge on any atom is 0.186 e. The van der Waals surface area contributed by atoms with Gasteiger partial charge >= 0.3 is 0 Å². The second-order valence-corrected chi connectivity index (χ2v) is 5.44. The molecule has 0 amide bonds. The van der Waals surface area contributed by atoms with Crippen LogP contribution < -0.4 is 0 Å². The molecule has 1 heterocycles. The number of aryl methyl sites for hydroxylation is 1. The third-order valence-corrected chi connectivity index (χ3v) is 3.68. The van der Waals surface area contributed by atoms with E-state index in [2.05, 4.69) is 16.4 Å². The lowest BCUT2D eigenvalue weighted by molar-refractivity contribution is 0.621. The van der Waals surface area contributed by atoms with E-state index in [1.54, 1.807) is 16.8 Å². The van der Waals surface area contributed by atoms with Crippen LogP contribution in [0, 0.1) is 24.1 Å². The molecule has 3 rings (SSSR count). The molecule has 0 atom stereocenters. The number of rotatable bonds is 4. The van der Waals surface area contributed by atoms with Crippen molar-refractivity contribution in [3.63, 3.8) is 0 Å². The summed E-state index contributed by atoms with van der Waals surface area (Å²) < 4.78 is 14.8. The minimum absolute atomic E-state index is 0.277. The molecular formula is C18H15FN4. The van der Waals surface area contributed by atoms with Gasteiger partial charge in [-0.1, -0.05) is 47.2 Å². The maximum atomic E-state index is 13.0. The molecule has 5 heteroatoms. The van der Waals surface area contributed by atoms with E-state index >= 15 is 0 Å². The largest absolute Gasteiger partial charge is 0.243 e. The van der Waals surface area contributed by atoms with E-state index in [1.807, 2.05) is 31.2 Å². The molecule has 1 aromatic heterocycles. The van der Waals surface area contributed by atoms with Crippen molar-refractivity contribution < 1.29 is 4.39 Å². The third kappa shape index (κ3) is 3.43. The van der Waals surface area contributed by atoms with Crippen LogP contribution in [0.2, 0.25) is 0 Å². The maximum absolute atomic E-state index is 13.0. The summed E-state index contributed by atoms with van der Waals surface area (Å²) in [5.41, 5.74) is 4.23. The second kappa shape index (κ2) is 6.41. The summed E-state index contributed by atoms with van der Waals surface area (Å²) in [5.74, 6) is -0.277. The Morgan fingerprint density at radius 1 is 1.04 bits per heavy atom. The fourth-order valence-electron chi connectivity index (χ4n) is 2.38. The Balaban J connectivity index is 1.89. The number of aromatic nitrogens is 3. The molecule has 4 nitrogen and oxygen atoms in total.